The molecule has 3 aromatic rings. The molecule has 5 nitrogen and oxygen atoms in total. The first-order chi connectivity index (χ1) is 13.2. The Balaban J connectivity index is 1.98. The number of fused-ring (bicyclic) bond motifs is 1. The number of aromatic amines is 1. The third-order valence-electron chi connectivity index (χ3n) is 4.84. The molecule has 2 heterocycles. The number of nitrogens with zero attached hydrogens (tertiary/aromatic N) is 1. The van der Waals surface area contributed by atoms with Gasteiger partial charge in [-0.3, -0.25) is 4.98 Å². The number of hydrogen-bond donors (Lipinski definition) is 2. The molecule has 0 bridgehead atoms. The Kier molecular flexibility index (Phi) is 6.24. The number of nitrogens with one attached hydrogen (secondary N) is 2. The molecule has 2 unspecified atom stereocenters. The number of H-pyrrole nitrogens is 1. The van der Waals surface area contributed by atoms with Crippen molar-refractivity contribution >= 4 is 16.9 Å². The lowest BCUT2D eigenvalue weighted by Crippen LogP contribution is -2.26. The molecule has 0 aliphatic rings. The SMILES string of the molecule is CCCC(NC(C)c1c(C(=O)OCC)ccc2[nH]ccc12)c1ccncc1. The molecule has 27 heavy (non-hydrogen) atoms. The van der Waals surface area contributed by atoms with E-state index < -0.39 is 0 Å². The average Bonchev–Trinajstić information content (AvgIpc) is 3.16. The van der Waals surface area contributed by atoms with E-state index in [0.717, 1.165) is 29.3 Å². The fourth-order valence-corrected chi connectivity index (χ4v) is 3.63. The molecule has 0 aliphatic carbocycles. The van der Waals surface area contributed by atoms with E-state index in [9.17, 15) is 4.79 Å². The second kappa shape index (κ2) is 8.82. The highest BCUT2D eigenvalue weighted by Gasteiger charge is 2.23. The van der Waals surface area contributed by atoms with Gasteiger partial charge in [0.2, 0.25) is 0 Å². The lowest BCUT2D eigenvalue weighted by Gasteiger charge is -2.25. The summed E-state index contributed by atoms with van der Waals surface area (Å²) >= 11 is 0. The summed E-state index contributed by atoms with van der Waals surface area (Å²) in [6, 6.07) is 10.1. The second-order valence-electron chi connectivity index (χ2n) is 6.70. The number of aromatic nitrogens is 2. The fraction of sp³-hybridized carbons (Fsp3) is 0.364. The van der Waals surface area contributed by atoms with Gasteiger partial charge in [0.15, 0.2) is 0 Å². The zero-order valence-electron chi connectivity index (χ0n) is 16.2. The predicted molar refractivity (Wildman–Crippen MR) is 108 cm³/mol. The topological polar surface area (TPSA) is 67.0 Å². The van der Waals surface area contributed by atoms with Crippen LogP contribution >= 0.6 is 0 Å². The number of ether oxygens (including phenoxy) is 1. The molecule has 0 amide bonds. The van der Waals surface area contributed by atoms with Crippen molar-refractivity contribution in [3.05, 3.63) is 65.6 Å². The third kappa shape index (κ3) is 4.19. The summed E-state index contributed by atoms with van der Waals surface area (Å²) in [6.07, 6.45) is 7.61. The average molecular weight is 365 g/mol. The van der Waals surface area contributed by atoms with E-state index in [-0.39, 0.29) is 18.1 Å². The Bertz CT molecular complexity index is 889. The summed E-state index contributed by atoms with van der Waals surface area (Å²) in [4.78, 5) is 19.9. The summed E-state index contributed by atoms with van der Waals surface area (Å²) in [7, 11) is 0. The maximum Gasteiger partial charge on any atom is 0.338 e. The molecule has 2 N–H and O–H groups in total. The number of esters is 1. The molecule has 0 radical (unpaired) electrons. The summed E-state index contributed by atoms with van der Waals surface area (Å²) < 4.78 is 5.30. The van der Waals surface area contributed by atoms with Crippen molar-refractivity contribution in [2.24, 2.45) is 0 Å². The van der Waals surface area contributed by atoms with Crippen LogP contribution in [-0.2, 0) is 4.74 Å². The van der Waals surface area contributed by atoms with E-state index in [2.05, 4.69) is 29.1 Å². The Morgan fingerprint density at radius 2 is 1.96 bits per heavy atom. The quantitative estimate of drug-likeness (QED) is 0.555. The standard InChI is InChI=1S/C22H27N3O2/c1-4-6-19(16-9-12-23-13-10-16)25-15(3)21-17-11-14-24-20(17)8-7-18(21)22(26)27-5-2/h7-15,19,24-25H,4-6H2,1-3H3. The summed E-state index contributed by atoms with van der Waals surface area (Å²) in [5.74, 6) is -0.278. The van der Waals surface area contributed by atoms with Gasteiger partial charge in [0.25, 0.3) is 0 Å². The van der Waals surface area contributed by atoms with Crippen LogP contribution in [-0.4, -0.2) is 22.5 Å². The van der Waals surface area contributed by atoms with Crippen molar-refractivity contribution in [1.82, 2.24) is 15.3 Å². The van der Waals surface area contributed by atoms with Crippen LogP contribution in [0.1, 0.15) is 67.2 Å². The predicted octanol–water partition coefficient (Wildman–Crippen LogP) is 4.93. The lowest BCUT2D eigenvalue weighted by molar-refractivity contribution is 0.0524. The maximum atomic E-state index is 12.5. The Hall–Kier alpha value is -2.66. The number of benzene rings is 1. The minimum Gasteiger partial charge on any atom is -0.462 e. The van der Waals surface area contributed by atoms with Crippen LogP contribution in [0.15, 0.2) is 48.9 Å². The first kappa shape index (κ1) is 19.1. The molecular formula is C22H27N3O2. The Morgan fingerprint density at radius 1 is 1.19 bits per heavy atom. The molecule has 0 spiro atoms. The maximum absolute atomic E-state index is 12.5. The molecule has 5 heteroatoms. The molecule has 1 aromatic carbocycles. The number of pyridine rings is 1. The number of carbonyl (C=O) groups excluding carboxylic acids is 1. The smallest absolute Gasteiger partial charge is 0.338 e. The number of hydrogen-bond acceptors (Lipinski definition) is 4. The van der Waals surface area contributed by atoms with Crippen LogP contribution in [0.5, 0.6) is 0 Å². The molecule has 0 aliphatic heterocycles. The van der Waals surface area contributed by atoms with E-state index >= 15 is 0 Å². The second-order valence-corrected chi connectivity index (χ2v) is 6.70. The minimum absolute atomic E-state index is 0.0198. The van der Waals surface area contributed by atoms with Gasteiger partial charge in [-0.05, 0) is 61.7 Å². The van der Waals surface area contributed by atoms with Gasteiger partial charge in [0, 0.05) is 41.6 Å². The summed E-state index contributed by atoms with van der Waals surface area (Å²) in [6.45, 7) is 6.47. The van der Waals surface area contributed by atoms with Crippen molar-refractivity contribution in [3.63, 3.8) is 0 Å². The Morgan fingerprint density at radius 3 is 2.67 bits per heavy atom. The van der Waals surface area contributed by atoms with Crippen molar-refractivity contribution in [3.8, 4) is 0 Å². The zero-order chi connectivity index (χ0) is 19.2. The molecule has 0 saturated carbocycles. The Labute approximate surface area is 160 Å². The molecule has 3 rings (SSSR count). The van der Waals surface area contributed by atoms with Crippen molar-refractivity contribution < 1.29 is 9.53 Å². The first-order valence-corrected chi connectivity index (χ1v) is 9.58. The highest BCUT2D eigenvalue weighted by Crippen LogP contribution is 2.31. The van der Waals surface area contributed by atoms with Gasteiger partial charge in [0.05, 0.1) is 12.2 Å². The number of carbonyl (C=O) groups is 1. The highest BCUT2D eigenvalue weighted by molar-refractivity contribution is 5.98. The van der Waals surface area contributed by atoms with Gasteiger partial charge in [-0.1, -0.05) is 13.3 Å². The highest BCUT2D eigenvalue weighted by atomic mass is 16.5. The van der Waals surface area contributed by atoms with Crippen LogP contribution in [0, 0.1) is 0 Å². The van der Waals surface area contributed by atoms with Crippen molar-refractivity contribution in [2.45, 2.75) is 45.7 Å². The van der Waals surface area contributed by atoms with Gasteiger partial charge >= 0.3 is 5.97 Å². The van der Waals surface area contributed by atoms with E-state index in [1.165, 1.54) is 5.56 Å². The monoisotopic (exact) mass is 365 g/mol. The number of rotatable bonds is 8. The van der Waals surface area contributed by atoms with Gasteiger partial charge in [-0.15, -0.1) is 0 Å². The first-order valence-electron chi connectivity index (χ1n) is 9.58. The van der Waals surface area contributed by atoms with Crippen LogP contribution < -0.4 is 5.32 Å². The van der Waals surface area contributed by atoms with Gasteiger partial charge < -0.3 is 15.0 Å². The van der Waals surface area contributed by atoms with Gasteiger partial charge in [0.1, 0.15) is 0 Å². The molecular weight excluding hydrogens is 338 g/mol. The van der Waals surface area contributed by atoms with Gasteiger partial charge in [-0.2, -0.15) is 0 Å². The summed E-state index contributed by atoms with van der Waals surface area (Å²) in [5, 5.41) is 4.77. The minimum atomic E-state index is -0.278. The third-order valence-corrected chi connectivity index (χ3v) is 4.84. The molecule has 2 atom stereocenters. The lowest BCUT2D eigenvalue weighted by atomic mass is 9.95. The molecule has 2 aromatic heterocycles. The van der Waals surface area contributed by atoms with Crippen molar-refractivity contribution in [2.75, 3.05) is 6.61 Å². The fourth-order valence-electron chi connectivity index (χ4n) is 3.63. The van der Waals surface area contributed by atoms with Crippen LogP contribution in [0.3, 0.4) is 0 Å². The van der Waals surface area contributed by atoms with E-state index in [1.807, 2.05) is 55.8 Å². The van der Waals surface area contributed by atoms with Crippen molar-refractivity contribution in [1.29, 1.82) is 0 Å². The van der Waals surface area contributed by atoms with E-state index in [4.69, 9.17) is 4.74 Å². The van der Waals surface area contributed by atoms with Crippen LogP contribution in [0.4, 0.5) is 0 Å². The van der Waals surface area contributed by atoms with E-state index in [1.54, 1.807) is 0 Å². The summed E-state index contributed by atoms with van der Waals surface area (Å²) in [5.41, 5.74) is 3.82. The van der Waals surface area contributed by atoms with Crippen LogP contribution in [0.2, 0.25) is 0 Å². The normalized spacial score (nSPS) is 13.4. The zero-order valence-corrected chi connectivity index (χ0v) is 16.2. The van der Waals surface area contributed by atoms with Crippen LogP contribution in [0.25, 0.3) is 10.9 Å². The van der Waals surface area contributed by atoms with Gasteiger partial charge in [-0.25, -0.2) is 4.79 Å². The molecule has 0 fully saturated rings. The molecule has 0 saturated heterocycles. The molecule has 142 valence electrons. The largest absolute Gasteiger partial charge is 0.462 e. The van der Waals surface area contributed by atoms with E-state index in [0.29, 0.717) is 12.2 Å².